The number of carbonyl (C=O) groups is 1. The lowest BCUT2D eigenvalue weighted by molar-refractivity contribution is 0.100. The molecule has 0 bridgehead atoms. The van der Waals surface area contributed by atoms with Crippen LogP contribution in [0.1, 0.15) is 36.5 Å². The number of hydrogen-bond donors (Lipinski definition) is 2. The van der Waals surface area contributed by atoms with E-state index in [1.165, 1.54) is 19.3 Å². The van der Waals surface area contributed by atoms with Gasteiger partial charge in [-0.2, -0.15) is 0 Å². The summed E-state index contributed by atoms with van der Waals surface area (Å²) in [6, 6.07) is 5.50. The van der Waals surface area contributed by atoms with Crippen LogP contribution in [-0.2, 0) is 0 Å². The molecule has 1 saturated heterocycles. The fourth-order valence-corrected chi connectivity index (χ4v) is 2.74. The van der Waals surface area contributed by atoms with E-state index in [0.29, 0.717) is 11.3 Å². The third-order valence-corrected chi connectivity index (χ3v) is 3.67. The average Bonchev–Trinajstić information content (AvgIpc) is 2.78. The first-order valence-corrected chi connectivity index (χ1v) is 6.56. The summed E-state index contributed by atoms with van der Waals surface area (Å²) in [7, 11) is 0. The van der Waals surface area contributed by atoms with Crippen molar-refractivity contribution in [2.45, 2.75) is 26.2 Å². The zero-order valence-electron chi connectivity index (χ0n) is 10.9. The first kappa shape index (κ1) is 12.7. The van der Waals surface area contributed by atoms with Crippen molar-refractivity contribution in [2.75, 3.05) is 23.7 Å². The maximum Gasteiger partial charge on any atom is 0.250 e. The molecule has 0 aliphatic carbocycles. The fraction of sp³-hybridized carbons (Fsp3) is 0.500. The van der Waals surface area contributed by atoms with Crippen LogP contribution in [0.15, 0.2) is 18.2 Å². The smallest absolute Gasteiger partial charge is 0.250 e. The van der Waals surface area contributed by atoms with Crippen molar-refractivity contribution in [2.24, 2.45) is 11.7 Å². The molecule has 2 rings (SSSR count). The monoisotopic (exact) mass is 247 g/mol. The third-order valence-electron chi connectivity index (χ3n) is 3.67. The first-order chi connectivity index (χ1) is 8.63. The molecule has 4 heteroatoms. The number of nitrogens with two attached hydrogens (primary N) is 2. The molecule has 18 heavy (non-hydrogen) atoms. The van der Waals surface area contributed by atoms with Crippen LogP contribution in [0.25, 0.3) is 0 Å². The molecule has 1 heterocycles. The Kier molecular flexibility index (Phi) is 3.75. The van der Waals surface area contributed by atoms with Crippen LogP contribution in [-0.4, -0.2) is 19.0 Å². The molecule has 0 radical (unpaired) electrons. The Bertz CT molecular complexity index is 445. The maximum atomic E-state index is 11.3. The van der Waals surface area contributed by atoms with Gasteiger partial charge in [-0.15, -0.1) is 0 Å². The van der Waals surface area contributed by atoms with E-state index >= 15 is 0 Å². The van der Waals surface area contributed by atoms with E-state index in [0.717, 1.165) is 24.7 Å². The van der Waals surface area contributed by atoms with Crippen LogP contribution >= 0.6 is 0 Å². The van der Waals surface area contributed by atoms with Crippen molar-refractivity contribution < 1.29 is 4.79 Å². The lowest BCUT2D eigenvalue weighted by atomic mass is 10.0. The molecular weight excluding hydrogens is 226 g/mol. The van der Waals surface area contributed by atoms with Gasteiger partial charge in [-0.1, -0.05) is 19.4 Å². The second-order valence-corrected chi connectivity index (χ2v) is 4.99. The second kappa shape index (κ2) is 5.29. The van der Waals surface area contributed by atoms with Gasteiger partial charge in [0, 0.05) is 13.1 Å². The van der Waals surface area contributed by atoms with Crippen molar-refractivity contribution >= 4 is 17.3 Å². The number of para-hydroxylation sites is 1. The molecule has 0 saturated carbocycles. The highest BCUT2D eigenvalue weighted by Gasteiger charge is 2.24. The largest absolute Gasteiger partial charge is 0.396 e. The molecule has 1 aromatic rings. The van der Waals surface area contributed by atoms with Gasteiger partial charge in [0.1, 0.15) is 0 Å². The first-order valence-electron chi connectivity index (χ1n) is 6.56. The highest BCUT2D eigenvalue weighted by molar-refractivity contribution is 6.00. The van der Waals surface area contributed by atoms with E-state index < -0.39 is 5.91 Å². The number of carbonyl (C=O) groups excluding carboxylic acids is 1. The van der Waals surface area contributed by atoms with Crippen LogP contribution < -0.4 is 16.4 Å². The Morgan fingerprint density at radius 2 is 2.28 bits per heavy atom. The van der Waals surface area contributed by atoms with Crippen LogP contribution in [0.2, 0.25) is 0 Å². The highest BCUT2D eigenvalue weighted by atomic mass is 16.1. The van der Waals surface area contributed by atoms with Gasteiger partial charge < -0.3 is 16.4 Å². The Balaban J connectivity index is 2.19. The minimum Gasteiger partial charge on any atom is -0.396 e. The van der Waals surface area contributed by atoms with Gasteiger partial charge in [0.15, 0.2) is 0 Å². The number of hydrogen-bond acceptors (Lipinski definition) is 3. The standard InChI is InChI=1S/C14H21N3O/c1-2-4-10-7-8-17(9-10)12-6-3-5-11(13(12)15)14(16)18/h3,5-6,10H,2,4,7-9,15H2,1H3,(H2,16,18). The number of benzene rings is 1. The summed E-state index contributed by atoms with van der Waals surface area (Å²) < 4.78 is 0. The topological polar surface area (TPSA) is 72.3 Å². The lowest BCUT2D eigenvalue weighted by Gasteiger charge is -2.21. The summed E-state index contributed by atoms with van der Waals surface area (Å²) in [4.78, 5) is 13.5. The molecule has 1 fully saturated rings. The van der Waals surface area contributed by atoms with Crippen LogP contribution in [0.5, 0.6) is 0 Å². The van der Waals surface area contributed by atoms with E-state index in [1.54, 1.807) is 6.07 Å². The van der Waals surface area contributed by atoms with Crippen molar-refractivity contribution in [3.05, 3.63) is 23.8 Å². The predicted molar refractivity (Wildman–Crippen MR) is 74.6 cm³/mol. The van der Waals surface area contributed by atoms with Gasteiger partial charge in [0.25, 0.3) is 5.91 Å². The van der Waals surface area contributed by atoms with E-state index in [-0.39, 0.29) is 0 Å². The van der Waals surface area contributed by atoms with Gasteiger partial charge in [-0.05, 0) is 30.9 Å². The summed E-state index contributed by atoms with van der Waals surface area (Å²) in [6.07, 6.45) is 3.68. The highest BCUT2D eigenvalue weighted by Crippen LogP contribution is 2.32. The van der Waals surface area contributed by atoms with Gasteiger partial charge >= 0.3 is 0 Å². The quantitative estimate of drug-likeness (QED) is 0.799. The molecule has 0 aromatic heterocycles. The summed E-state index contributed by atoms with van der Waals surface area (Å²) in [6.45, 7) is 4.25. The van der Waals surface area contributed by atoms with E-state index in [2.05, 4.69) is 11.8 Å². The number of anilines is 2. The summed E-state index contributed by atoms with van der Waals surface area (Å²) >= 11 is 0. The molecule has 1 amide bonds. The normalized spacial score (nSPS) is 19.2. The Labute approximate surface area is 108 Å². The molecule has 1 aliphatic heterocycles. The Morgan fingerprint density at radius 1 is 1.50 bits per heavy atom. The van der Waals surface area contributed by atoms with Gasteiger partial charge in [0.05, 0.1) is 16.9 Å². The number of primary amides is 1. The van der Waals surface area contributed by atoms with Crippen molar-refractivity contribution in [3.8, 4) is 0 Å². The Hall–Kier alpha value is -1.71. The summed E-state index contributed by atoms with van der Waals surface area (Å²) in [5, 5.41) is 0. The maximum absolute atomic E-state index is 11.3. The van der Waals surface area contributed by atoms with E-state index in [4.69, 9.17) is 11.5 Å². The molecule has 1 aliphatic rings. The van der Waals surface area contributed by atoms with Crippen molar-refractivity contribution in [3.63, 3.8) is 0 Å². The molecule has 0 spiro atoms. The van der Waals surface area contributed by atoms with Crippen molar-refractivity contribution in [1.29, 1.82) is 0 Å². The third kappa shape index (κ3) is 2.42. The van der Waals surface area contributed by atoms with E-state index in [1.807, 2.05) is 12.1 Å². The fourth-order valence-electron chi connectivity index (χ4n) is 2.74. The zero-order valence-corrected chi connectivity index (χ0v) is 10.9. The molecule has 1 unspecified atom stereocenters. The molecule has 1 aromatic carbocycles. The Morgan fingerprint density at radius 3 is 2.94 bits per heavy atom. The van der Waals surface area contributed by atoms with Gasteiger partial charge in [-0.3, -0.25) is 4.79 Å². The van der Waals surface area contributed by atoms with Gasteiger partial charge in [-0.25, -0.2) is 0 Å². The van der Waals surface area contributed by atoms with Gasteiger partial charge in [0.2, 0.25) is 0 Å². The number of amides is 1. The number of nitrogen functional groups attached to an aromatic ring is 1. The summed E-state index contributed by atoms with van der Waals surface area (Å²) in [5.74, 6) is 0.283. The SMILES string of the molecule is CCCC1CCN(c2cccc(C(N)=O)c2N)C1. The van der Waals surface area contributed by atoms with Crippen LogP contribution in [0.3, 0.4) is 0 Å². The minimum absolute atomic E-state index is 0.423. The second-order valence-electron chi connectivity index (χ2n) is 4.99. The van der Waals surface area contributed by atoms with Crippen molar-refractivity contribution in [1.82, 2.24) is 0 Å². The summed E-state index contributed by atoms with van der Waals surface area (Å²) in [5.41, 5.74) is 13.2. The molecular formula is C14H21N3O. The molecule has 4 N–H and O–H groups in total. The average molecular weight is 247 g/mol. The number of nitrogens with zero attached hydrogens (tertiary/aromatic N) is 1. The molecule has 1 atom stereocenters. The predicted octanol–water partition coefficient (Wildman–Crippen LogP) is 1.99. The minimum atomic E-state index is -0.460. The van der Waals surface area contributed by atoms with Crippen LogP contribution in [0, 0.1) is 5.92 Å². The lowest BCUT2D eigenvalue weighted by Crippen LogP contribution is -2.22. The molecule has 98 valence electrons. The van der Waals surface area contributed by atoms with E-state index in [9.17, 15) is 4.79 Å². The zero-order chi connectivity index (χ0) is 13.1. The van der Waals surface area contributed by atoms with Crippen LogP contribution in [0.4, 0.5) is 11.4 Å². The molecule has 4 nitrogen and oxygen atoms in total. The number of rotatable bonds is 4.